The summed E-state index contributed by atoms with van der Waals surface area (Å²) in [5.74, 6) is -2.33. The highest BCUT2D eigenvalue weighted by Gasteiger charge is 2.42. The highest BCUT2D eigenvalue weighted by atomic mass is 19.1. The van der Waals surface area contributed by atoms with Gasteiger partial charge in [0.1, 0.15) is 17.7 Å². The summed E-state index contributed by atoms with van der Waals surface area (Å²) in [4.78, 5) is 12.1. The molecule has 4 N–H and O–H groups in total. The van der Waals surface area contributed by atoms with Crippen LogP contribution in [0.2, 0.25) is 0 Å². The molecule has 0 saturated carbocycles. The number of benzene rings is 1. The van der Waals surface area contributed by atoms with Crippen LogP contribution >= 0.6 is 0 Å². The molecule has 1 aromatic rings. The Bertz CT molecular complexity index is 832. The number of amides is 1. The number of halogens is 2. The number of hydrogen-bond donors (Lipinski definition) is 4. The number of allylic oxidation sites excluding steroid dienone is 3. The summed E-state index contributed by atoms with van der Waals surface area (Å²) in [6.45, 7) is 7.89. The third-order valence-corrected chi connectivity index (χ3v) is 4.35. The fourth-order valence-electron chi connectivity index (χ4n) is 2.93. The van der Waals surface area contributed by atoms with Gasteiger partial charge in [-0.3, -0.25) is 10.2 Å². The van der Waals surface area contributed by atoms with Crippen molar-refractivity contribution in [1.82, 2.24) is 10.9 Å². The van der Waals surface area contributed by atoms with Gasteiger partial charge in [0.2, 0.25) is 0 Å². The van der Waals surface area contributed by atoms with Crippen LogP contribution in [0.5, 0.6) is 5.75 Å². The van der Waals surface area contributed by atoms with E-state index in [0.29, 0.717) is 6.42 Å². The number of ether oxygens (including phenoxy) is 1. The number of carbonyl (C=O) groups is 1. The van der Waals surface area contributed by atoms with Crippen molar-refractivity contribution in [3.8, 4) is 5.75 Å². The average molecular weight is 394 g/mol. The van der Waals surface area contributed by atoms with Gasteiger partial charge in [-0.05, 0) is 60.8 Å². The summed E-state index contributed by atoms with van der Waals surface area (Å²) < 4.78 is 31.6. The molecule has 2 rings (SSSR count). The van der Waals surface area contributed by atoms with Crippen LogP contribution in [0, 0.1) is 6.92 Å². The van der Waals surface area contributed by atoms with E-state index in [9.17, 15) is 23.8 Å². The number of carbonyl (C=O) groups excluding carboxylic acids is 1. The highest BCUT2D eigenvalue weighted by Crippen LogP contribution is 2.40. The molecule has 152 valence electrons. The van der Waals surface area contributed by atoms with Crippen LogP contribution in [0.1, 0.15) is 36.6 Å². The second kappa shape index (κ2) is 9.09. The van der Waals surface area contributed by atoms with Gasteiger partial charge in [-0.1, -0.05) is 19.6 Å². The summed E-state index contributed by atoms with van der Waals surface area (Å²) in [5.41, 5.74) is 7.24. The predicted molar refractivity (Wildman–Crippen MR) is 100 cm³/mol. The molecule has 0 radical (unpaired) electrons. The molecule has 0 bridgehead atoms. The van der Waals surface area contributed by atoms with E-state index in [-0.39, 0.29) is 17.4 Å². The number of hydrogen-bond acceptors (Lipinski definition) is 5. The fraction of sp³-hybridized carbons (Fsp3) is 0.350. The smallest absolute Gasteiger partial charge is 0.267 e. The lowest BCUT2D eigenvalue weighted by Gasteiger charge is -2.13. The van der Waals surface area contributed by atoms with Crippen LogP contribution < -0.4 is 10.9 Å². The maximum absolute atomic E-state index is 13.1. The van der Waals surface area contributed by atoms with E-state index >= 15 is 0 Å². The number of phenols is 1. The van der Waals surface area contributed by atoms with Crippen LogP contribution in [0.15, 0.2) is 48.1 Å². The van der Waals surface area contributed by atoms with E-state index in [4.69, 9.17) is 4.74 Å². The Morgan fingerprint density at radius 1 is 1.39 bits per heavy atom. The average Bonchev–Trinajstić information content (AvgIpc) is 3.39. The van der Waals surface area contributed by atoms with Gasteiger partial charge in [0, 0.05) is 0 Å². The Labute approximate surface area is 162 Å². The van der Waals surface area contributed by atoms with E-state index in [1.807, 2.05) is 13.8 Å². The van der Waals surface area contributed by atoms with Crippen molar-refractivity contribution in [2.75, 3.05) is 0 Å². The number of epoxide rings is 1. The second-order valence-corrected chi connectivity index (χ2v) is 6.47. The molecule has 28 heavy (non-hydrogen) atoms. The first-order valence-electron chi connectivity index (χ1n) is 8.75. The van der Waals surface area contributed by atoms with Crippen LogP contribution in [0.25, 0.3) is 0 Å². The first-order chi connectivity index (χ1) is 13.1. The summed E-state index contributed by atoms with van der Waals surface area (Å²) in [6.07, 6.45) is -0.351. The fourth-order valence-corrected chi connectivity index (χ4v) is 2.93. The Balaban J connectivity index is 2.01. The van der Waals surface area contributed by atoms with Crippen molar-refractivity contribution in [3.63, 3.8) is 0 Å². The van der Waals surface area contributed by atoms with Crippen LogP contribution in [0.4, 0.5) is 8.78 Å². The molecule has 0 aliphatic carbocycles. The second-order valence-electron chi connectivity index (χ2n) is 6.47. The molecular formula is C20H24F2N2O4. The minimum atomic E-state index is -1.80. The van der Waals surface area contributed by atoms with Crippen LogP contribution in [-0.4, -0.2) is 28.5 Å². The molecule has 0 spiro atoms. The van der Waals surface area contributed by atoms with Gasteiger partial charge in [0.05, 0.1) is 5.83 Å². The van der Waals surface area contributed by atoms with Crippen molar-refractivity contribution in [3.05, 3.63) is 64.8 Å². The summed E-state index contributed by atoms with van der Waals surface area (Å²) in [7, 11) is 0. The first kappa shape index (κ1) is 21.7. The lowest BCUT2D eigenvalue weighted by atomic mass is 9.96. The first-order valence-corrected chi connectivity index (χ1v) is 8.75. The van der Waals surface area contributed by atoms with E-state index in [0.717, 1.165) is 35.8 Å². The zero-order valence-electron chi connectivity index (χ0n) is 15.9. The summed E-state index contributed by atoms with van der Waals surface area (Å²) in [5, 5.41) is 19.9. The molecule has 0 aromatic heterocycles. The van der Waals surface area contributed by atoms with Crippen LogP contribution in [0.3, 0.4) is 0 Å². The minimum absolute atomic E-state index is 0.201. The van der Waals surface area contributed by atoms with Gasteiger partial charge in [-0.15, -0.1) is 0 Å². The van der Waals surface area contributed by atoms with Crippen molar-refractivity contribution < 1.29 is 28.5 Å². The molecule has 1 aliphatic heterocycles. The van der Waals surface area contributed by atoms with E-state index in [2.05, 4.69) is 17.4 Å². The number of nitrogens with one attached hydrogen (secondary N) is 2. The van der Waals surface area contributed by atoms with Crippen molar-refractivity contribution in [1.29, 1.82) is 0 Å². The maximum atomic E-state index is 13.1. The molecule has 1 heterocycles. The lowest BCUT2D eigenvalue weighted by molar-refractivity contribution is -0.128. The van der Waals surface area contributed by atoms with Gasteiger partial charge in [-0.2, -0.15) is 0 Å². The number of aliphatic hydroxyl groups excluding tert-OH is 1. The number of aromatic hydroxyl groups is 1. The molecule has 1 saturated heterocycles. The molecule has 3 atom stereocenters. The number of aliphatic hydroxyl groups is 1. The highest BCUT2D eigenvalue weighted by molar-refractivity contribution is 5.84. The molecule has 6 nitrogen and oxygen atoms in total. The Hall–Kier alpha value is -2.55. The third-order valence-electron chi connectivity index (χ3n) is 4.35. The normalized spacial score (nSPS) is 20.6. The van der Waals surface area contributed by atoms with Crippen molar-refractivity contribution in [2.45, 2.75) is 45.6 Å². The number of phenolic OH excluding ortho intramolecular Hbond substituents is 1. The standard InChI is InChI=1S/C20H24F2N2O4/c1-5-14-12(4)16(25)7-6-15(14)18-20(28-18)24-23-19(27)17(26)13(8-10(2)21)9-11(3)22/h6-9,17-18,20,24-26H,2,5H2,1,3-4H3,(H,23,27)/b11-9+,13-8+. The molecule has 1 aromatic carbocycles. The van der Waals surface area contributed by atoms with E-state index < -0.39 is 29.9 Å². The quantitative estimate of drug-likeness (QED) is 0.309. The van der Waals surface area contributed by atoms with Gasteiger partial charge < -0.3 is 14.9 Å². The largest absolute Gasteiger partial charge is 0.508 e. The molecular weight excluding hydrogens is 370 g/mol. The summed E-state index contributed by atoms with van der Waals surface area (Å²) >= 11 is 0. The Kier molecular flexibility index (Phi) is 7.06. The zero-order chi connectivity index (χ0) is 21.0. The number of hydrazine groups is 1. The van der Waals surface area contributed by atoms with Gasteiger partial charge in [0.25, 0.3) is 5.91 Å². The van der Waals surface area contributed by atoms with Crippen molar-refractivity contribution >= 4 is 5.91 Å². The Morgan fingerprint density at radius 2 is 2.07 bits per heavy atom. The minimum Gasteiger partial charge on any atom is -0.508 e. The van der Waals surface area contributed by atoms with E-state index in [1.165, 1.54) is 0 Å². The third kappa shape index (κ3) is 5.25. The van der Waals surface area contributed by atoms with Crippen molar-refractivity contribution in [2.24, 2.45) is 0 Å². The van der Waals surface area contributed by atoms with E-state index in [1.54, 1.807) is 12.1 Å². The zero-order valence-corrected chi connectivity index (χ0v) is 15.9. The monoisotopic (exact) mass is 394 g/mol. The molecule has 3 unspecified atom stereocenters. The summed E-state index contributed by atoms with van der Waals surface area (Å²) in [6, 6.07) is 3.34. The molecule has 1 fully saturated rings. The SMILES string of the molecule is C=C(F)/C=C(\C=C(/C)F)C(O)C(=O)NNC1OC1c1ccc(O)c(C)c1CC. The number of rotatable bonds is 8. The van der Waals surface area contributed by atoms with Gasteiger partial charge in [0.15, 0.2) is 12.3 Å². The topological polar surface area (TPSA) is 94.1 Å². The molecule has 1 aliphatic rings. The lowest BCUT2D eigenvalue weighted by Crippen LogP contribution is -2.45. The predicted octanol–water partition coefficient (Wildman–Crippen LogP) is 2.93. The maximum Gasteiger partial charge on any atom is 0.267 e. The Morgan fingerprint density at radius 3 is 2.64 bits per heavy atom. The molecule has 1 amide bonds. The van der Waals surface area contributed by atoms with Gasteiger partial charge in [-0.25, -0.2) is 14.2 Å². The van der Waals surface area contributed by atoms with Gasteiger partial charge >= 0.3 is 0 Å². The molecule has 8 heteroatoms. The van der Waals surface area contributed by atoms with Crippen LogP contribution in [-0.2, 0) is 16.0 Å².